The maximum absolute atomic E-state index is 11.8. The Morgan fingerprint density at radius 1 is 1.62 bits per heavy atom. The smallest absolute Gasteiger partial charge is 0.211 e. The maximum atomic E-state index is 11.8. The van der Waals surface area contributed by atoms with Crippen LogP contribution in [0.3, 0.4) is 0 Å². The molecule has 0 spiro atoms. The van der Waals surface area contributed by atoms with Crippen LogP contribution in [0.1, 0.15) is 23.9 Å². The Kier molecular flexibility index (Phi) is 3.74. The Labute approximate surface area is 95.2 Å². The van der Waals surface area contributed by atoms with Gasteiger partial charge >= 0.3 is 0 Å². The molecule has 88 valence electrons. The average Bonchev–Trinajstić information content (AvgIpc) is 2.70. The highest BCUT2D eigenvalue weighted by Gasteiger charge is 2.19. The van der Waals surface area contributed by atoms with Gasteiger partial charge in [-0.25, -0.2) is 0 Å². The number of Topliss-reactive ketones (excluding diaryl/α,β-unsaturated/α-hetero) is 1. The second kappa shape index (κ2) is 5.27. The number of ether oxygens (including phenoxy) is 1. The van der Waals surface area contributed by atoms with Crippen LogP contribution in [0.25, 0.3) is 0 Å². The monoisotopic (exact) mass is 223 g/mol. The number of rotatable bonds is 3. The lowest BCUT2D eigenvalue weighted by atomic mass is 10.2. The average molecular weight is 223 g/mol. The normalized spacial score (nSPS) is 22.9. The van der Waals surface area contributed by atoms with Crippen LogP contribution in [0.2, 0.25) is 0 Å². The largest absolute Gasteiger partial charge is 0.461 e. The molecule has 0 bridgehead atoms. The van der Waals surface area contributed by atoms with Gasteiger partial charge in [0.15, 0.2) is 5.76 Å². The van der Waals surface area contributed by atoms with E-state index in [1.165, 1.54) is 6.26 Å². The molecule has 0 radical (unpaired) electrons. The van der Waals surface area contributed by atoms with Crippen molar-refractivity contribution in [2.24, 2.45) is 0 Å². The van der Waals surface area contributed by atoms with Crippen molar-refractivity contribution >= 4 is 5.78 Å². The van der Waals surface area contributed by atoms with E-state index in [0.29, 0.717) is 12.3 Å². The molecule has 1 fully saturated rings. The molecule has 0 aromatic carbocycles. The van der Waals surface area contributed by atoms with Gasteiger partial charge in [-0.15, -0.1) is 0 Å². The number of carbonyl (C=O) groups is 1. The van der Waals surface area contributed by atoms with Gasteiger partial charge in [-0.3, -0.25) is 9.69 Å². The summed E-state index contributed by atoms with van der Waals surface area (Å²) in [6.07, 6.45) is 2.71. The van der Waals surface area contributed by atoms with Gasteiger partial charge in [-0.2, -0.15) is 0 Å². The molecule has 0 amide bonds. The lowest BCUT2D eigenvalue weighted by Crippen LogP contribution is -2.34. The Morgan fingerprint density at radius 3 is 3.25 bits per heavy atom. The fourth-order valence-electron chi connectivity index (χ4n) is 1.94. The van der Waals surface area contributed by atoms with Gasteiger partial charge in [0.1, 0.15) is 0 Å². The molecule has 2 heterocycles. The van der Waals surface area contributed by atoms with Crippen molar-refractivity contribution in [2.45, 2.75) is 19.4 Å². The quantitative estimate of drug-likeness (QED) is 0.729. The molecule has 0 aliphatic carbocycles. The molecule has 1 aliphatic rings. The number of furan rings is 1. The zero-order valence-electron chi connectivity index (χ0n) is 9.52. The first-order valence-corrected chi connectivity index (χ1v) is 5.66. The summed E-state index contributed by atoms with van der Waals surface area (Å²) in [5.41, 5.74) is 0. The van der Waals surface area contributed by atoms with Crippen LogP contribution in [0, 0.1) is 0 Å². The molecule has 2 rings (SSSR count). The molecule has 4 nitrogen and oxygen atoms in total. The molecule has 0 N–H and O–H groups in total. The van der Waals surface area contributed by atoms with Crippen molar-refractivity contribution in [1.82, 2.24) is 4.90 Å². The van der Waals surface area contributed by atoms with Gasteiger partial charge in [0.05, 0.1) is 18.9 Å². The first kappa shape index (κ1) is 11.4. The van der Waals surface area contributed by atoms with E-state index < -0.39 is 0 Å². The fourth-order valence-corrected chi connectivity index (χ4v) is 1.94. The van der Waals surface area contributed by atoms with Gasteiger partial charge < -0.3 is 9.15 Å². The summed E-state index contributed by atoms with van der Waals surface area (Å²) in [6, 6.07) is 3.45. The van der Waals surface area contributed by atoms with Gasteiger partial charge in [-0.1, -0.05) is 0 Å². The van der Waals surface area contributed by atoms with Crippen LogP contribution in [0.5, 0.6) is 0 Å². The molecule has 0 saturated carbocycles. The van der Waals surface area contributed by atoms with Gasteiger partial charge in [0.2, 0.25) is 5.78 Å². The number of hydrogen-bond donors (Lipinski definition) is 0. The van der Waals surface area contributed by atoms with E-state index in [9.17, 15) is 4.79 Å². The molecule has 1 unspecified atom stereocenters. The SMILES string of the molecule is CC1CN(CC(=O)c2ccco2)CCCO1. The van der Waals surface area contributed by atoms with Crippen molar-refractivity contribution in [1.29, 1.82) is 0 Å². The molecule has 1 aliphatic heterocycles. The summed E-state index contributed by atoms with van der Waals surface area (Å²) in [7, 11) is 0. The zero-order chi connectivity index (χ0) is 11.4. The van der Waals surface area contributed by atoms with E-state index in [-0.39, 0.29) is 11.9 Å². The Bertz CT molecular complexity index is 334. The highest BCUT2D eigenvalue weighted by Crippen LogP contribution is 2.08. The molecule has 1 saturated heterocycles. The summed E-state index contributed by atoms with van der Waals surface area (Å²) in [5, 5.41) is 0. The lowest BCUT2D eigenvalue weighted by molar-refractivity contribution is 0.0652. The highest BCUT2D eigenvalue weighted by molar-refractivity contribution is 5.94. The zero-order valence-corrected chi connectivity index (χ0v) is 9.52. The lowest BCUT2D eigenvalue weighted by Gasteiger charge is -2.20. The third-order valence-corrected chi connectivity index (χ3v) is 2.70. The molecular formula is C12H17NO3. The van der Waals surface area contributed by atoms with Crippen molar-refractivity contribution in [2.75, 3.05) is 26.2 Å². The van der Waals surface area contributed by atoms with Crippen molar-refractivity contribution in [3.05, 3.63) is 24.2 Å². The predicted octanol–water partition coefficient (Wildman–Crippen LogP) is 1.57. The van der Waals surface area contributed by atoms with E-state index in [2.05, 4.69) is 4.90 Å². The number of ketones is 1. The first-order chi connectivity index (χ1) is 7.75. The minimum absolute atomic E-state index is 0.0408. The van der Waals surface area contributed by atoms with Crippen LogP contribution < -0.4 is 0 Å². The molecule has 4 heteroatoms. The Hall–Kier alpha value is -1.13. The highest BCUT2D eigenvalue weighted by atomic mass is 16.5. The molecule has 16 heavy (non-hydrogen) atoms. The summed E-state index contributed by atoms with van der Waals surface area (Å²) >= 11 is 0. The maximum Gasteiger partial charge on any atom is 0.211 e. The summed E-state index contributed by atoms with van der Waals surface area (Å²) in [5.74, 6) is 0.483. The number of carbonyl (C=O) groups excluding carboxylic acids is 1. The van der Waals surface area contributed by atoms with Crippen molar-refractivity contribution < 1.29 is 13.9 Å². The van der Waals surface area contributed by atoms with E-state index >= 15 is 0 Å². The topological polar surface area (TPSA) is 42.7 Å². The standard InChI is InChI=1S/C12H17NO3/c1-10-8-13(5-3-7-15-10)9-11(14)12-4-2-6-16-12/h2,4,6,10H,3,5,7-9H2,1H3. The minimum atomic E-state index is 0.0408. The van der Waals surface area contributed by atoms with Crippen LogP contribution >= 0.6 is 0 Å². The van der Waals surface area contributed by atoms with Crippen LogP contribution in [-0.2, 0) is 4.74 Å². The third kappa shape index (κ3) is 2.93. The van der Waals surface area contributed by atoms with Crippen LogP contribution in [0.15, 0.2) is 22.8 Å². The fraction of sp³-hybridized carbons (Fsp3) is 0.583. The van der Waals surface area contributed by atoms with Crippen LogP contribution in [-0.4, -0.2) is 43.0 Å². The van der Waals surface area contributed by atoms with E-state index in [0.717, 1.165) is 26.1 Å². The van der Waals surface area contributed by atoms with E-state index in [1.54, 1.807) is 12.1 Å². The van der Waals surface area contributed by atoms with Crippen molar-refractivity contribution in [3.63, 3.8) is 0 Å². The van der Waals surface area contributed by atoms with Gasteiger partial charge in [0.25, 0.3) is 0 Å². The second-order valence-electron chi connectivity index (χ2n) is 4.17. The minimum Gasteiger partial charge on any atom is -0.461 e. The van der Waals surface area contributed by atoms with Crippen molar-refractivity contribution in [3.8, 4) is 0 Å². The molecule has 1 aromatic heterocycles. The van der Waals surface area contributed by atoms with Gasteiger partial charge in [-0.05, 0) is 25.5 Å². The number of hydrogen-bond acceptors (Lipinski definition) is 4. The Balaban J connectivity index is 1.91. The second-order valence-corrected chi connectivity index (χ2v) is 4.17. The molecule has 1 atom stereocenters. The molecular weight excluding hydrogens is 206 g/mol. The molecule has 1 aromatic rings. The summed E-state index contributed by atoms with van der Waals surface area (Å²) in [4.78, 5) is 13.9. The summed E-state index contributed by atoms with van der Waals surface area (Å²) < 4.78 is 10.6. The predicted molar refractivity (Wildman–Crippen MR) is 59.5 cm³/mol. The third-order valence-electron chi connectivity index (χ3n) is 2.70. The van der Waals surface area contributed by atoms with Crippen LogP contribution in [0.4, 0.5) is 0 Å². The van der Waals surface area contributed by atoms with Gasteiger partial charge in [0, 0.05) is 19.7 Å². The summed E-state index contributed by atoms with van der Waals surface area (Å²) in [6.45, 7) is 4.97. The Morgan fingerprint density at radius 2 is 2.50 bits per heavy atom. The van der Waals surface area contributed by atoms with E-state index in [4.69, 9.17) is 9.15 Å². The first-order valence-electron chi connectivity index (χ1n) is 5.66. The number of nitrogens with zero attached hydrogens (tertiary/aromatic N) is 1. The van der Waals surface area contributed by atoms with E-state index in [1.807, 2.05) is 6.92 Å².